The molecule has 20 heavy (non-hydrogen) atoms. The molecule has 0 aliphatic rings. The summed E-state index contributed by atoms with van der Waals surface area (Å²) in [6.07, 6.45) is 2.95. The van der Waals surface area contributed by atoms with Crippen molar-refractivity contribution in [2.45, 2.75) is 11.3 Å². The van der Waals surface area contributed by atoms with E-state index in [4.69, 9.17) is 29.6 Å². The molecule has 0 atom stereocenters. The Morgan fingerprint density at radius 2 is 2.20 bits per heavy atom. The van der Waals surface area contributed by atoms with Gasteiger partial charge in [-0.05, 0) is 36.9 Å². The fourth-order valence-corrected chi connectivity index (χ4v) is 3.92. The van der Waals surface area contributed by atoms with E-state index in [2.05, 4.69) is 11.4 Å². The molecule has 0 aliphatic carbocycles. The largest absolute Gasteiger partial charge is 0.389 e. The van der Waals surface area contributed by atoms with E-state index in [0.717, 1.165) is 33.4 Å². The minimum atomic E-state index is 0.427. The zero-order chi connectivity index (χ0) is 14.5. The number of nitrogens with one attached hydrogen (secondary N) is 1. The van der Waals surface area contributed by atoms with Gasteiger partial charge in [-0.1, -0.05) is 29.9 Å². The molecule has 0 radical (unpaired) electrons. The summed E-state index contributed by atoms with van der Waals surface area (Å²) in [4.78, 5) is 2.79. The van der Waals surface area contributed by atoms with E-state index in [-0.39, 0.29) is 0 Å². The first kappa shape index (κ1) is 15.6. The minimum Gasteiger partial charge on any atom is -0.389 e. The molecule has 2 nitrogen and oxygen atoms in total. The highest BCUT2D eigenvalue weighted by molar-refractivity contribution is 7.98. The Bertz CT molecular complexity index is 610. The quantitative estimate of drug-likeness (QED) is 0.602. The first-order chi connectivity index (χ1) is 9.61. The summed E-state index contributed by atoms with van der Waals surface area (Å²) in [5, 5.41) is 3.41. The van der Waals surface area contributed by atoms with E-state index in [0.29, 0.717) is 4.99 Å². The molecular formula is C14H15ClN2S3. The number of benzene rings is 1. The Balaban J connectivity index is 2.07. The lowest BCUT2D eigenvalue weighted by molar-refractivity contribution is 1.04. The second kappa shape index (κ2) is 7.31. The van der Waals surface area contributed by atoms with E-state index >= 15 is 0 Å². The summed E-state index contributed by atoms with van der Waals surface area (Å²) in [5.74, 6) is 0. The van der Waals surface area contributed by atoms with Gasteiger partial charge in [0.25, 0.3) is 0 Å². The van der Waals surface area contributed by atoms with Crippen LogP contribution < -0.4 is 11.1 Å². The average molecular weight is 343 g/mol. The van der Waals surface area contributed by atoms with Crippen LogP contribution in [0.15, 0.2) is 35.2 Å². The molecule has 106 valence electrons. The first-order valence-electron chi connectivity index (χ1n) is 6.06. The van der Waals surface area contributed by atoms with Crippen LogP contribution in [-0.2, 0) is 6.42 Å². The predicted octanol–water partition coefficient (Wildman–Crippen LogP) is 4.41. The van der Waals surface area contributed by atoms with E-state index in [1.54, 1.807) is 23.1 Å². The average Bonchev–Trinajstić information content (AvgIpc) is 2.83. The van der Waals surface area contributed by atoms with E-state index < -0.39 is 0 Å². The lowest BCUT2D eigenvalue weighted by Crippen LogP contribution is -2.15. The molecule has 0 saturated carbocycles. The van der Waals surface area contributed by atoms with Crippen LogP contribution in [0.3, 0.4) is 0 Å². The highest BCUT2D eigenvalue weighted by atomic mass is 35.5. The summed E-state index contributed by atoms with van der Waals surface area (Å²) in [5.41, 5.74) is 7.76. The van der Waals surface area contributed by atoms with Crippen LogP contribution in [0.25, 0.3) is 0 Å². The Kier molecular flexibility index (Phi) is 5.72. The van der Waals surface area contributed by atoms with Crippen molar-refractivity contribution >= 4 is 57.6 Å². The van der Waals surface area contributed by atoms with Crippen molar-refractivity contribution in [3.8, 4) is 0 Å². The zero-order valence-electron chi connectivity index (χ0n) is 11.0. The number of thiocarbonyl (C=S) groups is 1. The zero-order valence-corrected chi connectivity index (χ0v) is 14.2. The lowest BCUT2D eigenvalue weighted by atomic mass is 10.1. The number of nitrogens with two attached hydrogens (primary N) is 1. The van der Waals surface area contributed by atoms with E-state index in [1.165, 1.54) is 4.88 Å². The van der Waals surface area contributed by atoms with E-state index in [9.17, 15) is 0 Å². The predicted molar refractivity (Wildman–Crippen MR) is 95.6 cm³/mol. The normalized spacial score (nSPS) is 10.5. The maximum Gasteiger partial charge on any atom is 0.107 e. The third-order valence-electron chi connectivity index (χ3n) is 2.81. The number of hydrogen-bond acceptors (Lipinski definition) is 4. The van der Waals surface area contributed by atoms with Gasteiger partial charge >= 0.3 is 0 Å². The van der Waals surface area contributed by atoms with Crippen LogP contribution in [0.1, 0.15) is 10.4 Å². The second-order valence-corrected chi connectivity index (χ2v) is 7.22. The van der Waals surface area contributed by atoms with Crippen LogP contribution in [-0.4, -0.2) is 17.8 Å². The highest BCUT2D eigenvalue weighted by Crippen LogP contribution is 2.27. The van der Waals surface area contributed by atoms with E-state index in [1.807, 2.05) is 30.5 Å². The lowest BCUT2D eigenvalue weighted by Gasteiger charge is -2.14. The van der Waals surface area contributed by atoms with Crippen LogP contribution in [0.2, 0.25) is 4.34 Å². The van der Waals surface area contributed by atoms with Crippen molar-refractivity contribution in [1.29, 1.82) is 0 Å². The van der Waals surface area contributed by atoms with Gasteiger partial charge in [0.2, 0.25) is 0 Å². The third-order valence-corrected chi connectivity index (χ3v) is 5.08. The molecule has 0 aliphatic heterocycles. The Morgan fingerprint density at radius 3 is 2.80 bits per heavy atom. The minimum absolute atomic E-state index is 0.427. The molecule has 2 aromatic rings. The molecule has 0 spiro atoms. The molecule has 0 fully saturated rings. The number of thioether (sulfide) groups is 1. The van der Waals surface area contributed by atoms with Gasteiger partial charge in [0.15, 0.2) is 0 Å². The molecule has 2 rings (SSSR count). The molecule has 0 amide bonds. The number of rotatable bonds is 6. The van der Waals surface area contributed by atoms with Gasteiger partial charge in [0, 0.05) is 27.6 Å². The second-order valence-electron chi connectivity index (χ2n) is 4.13. The van der Waals surface area contributed by atoms with Crippen molar-refractivity contribution in [3.63, 3.8) is 0 Å². The molecule has 1 aromatic heterocycles. The summed E-state index contributed by atoms with van der Waals surface area (Å²) >= 11 is 14.3. The maximum atomic E-state index is 5.92. The maximum absolute atomic E-state index is 5.92. The van der Waals surface area contributed by atoms with Crippen molar-refractivity contribution in [2.24, 2.45) is 5.73 Å². The fourth-order valence-electron chi connectivity index (χ4n) is 1.91. The SMILES string of the molecule is CSc1cccc(NCCc2ccc(Cl)s2)c1C(N)=S. The molecule has 3 N–H and O–H groups in total. The van der Waals surface area contributed by atoms with Crippen molar-refractivity contribution in [3.05, 3.63) is 45.1 Å². The van der Waals surface area contributed by atoms with Crippen molar-refractivity contribution < 1.29 is 0 Å². The number of anilines is 1. The van der Waals surface area contributed by atoms with Gasteiger partial charge in [0.1, 0.15) is 4.99 Å². The smallest absolute Gasteiger partial charge is 0.107 e. The summed E-state index contributed by atoms with van der Waals surface area (Å²) in [6, 6.07) is 10.0. The summed E-state index contributed by atoms with van der Waals surface area (Å²) < 4.78 is 0.827. The number of hydrogen-bond donors (Lipinski definition) is 2. The van der Waals surface area contributed by atoms with Crippen LogP contribution >= 0.6 is 46.9 Å². The van der Waals surface area contributed by atoms with Gasteiger partial charge in [-0.15, -0.1) is 23.1 Å². The third kappa shape index (κ3) is 3.88. The van der Waals surface area contributed by atoms with Crippen LogP contribution in [0.5, 0.6) is 0 Å². The van der Waals surface area contributed by atoms with Gasteiger partial charge in [0.05, 0.1) is 4.34 Å². The topological polar surface area (TPSA) is 38.0 Å². The molecular weight excluding hydrogens is 328 g/mol. The molecule has 0 saturated heterocycles. The number of halogens is 1. The Morgan fingerprint density at radius 1 is 1.40 bits per heavy atom. The fraction of sp³-hybridized carbons (Fsp3) is 0.214. The molecule has 0 unspecified atom stereocenters. The van der Waals surface area contributed by atoms with Gasteiger partial charge in [-0.3, -0.25) is 0 Å². The summed E-state index contributed by atoms with van der Waals surface area (Å²) in [7, 11) is 0. The van der Waals surface area contributed by atoms with Crippen LogP contribution in [0, 0.1) is 0 Å². The monoisotopic (exact) mass is 342 g/mol. The molecule has 1 heterocycles. The highest BCUT2D eigenvalue weighted by Gasteiger charge is 2.10. The van der Waals surface area contributed by atoms with Crippen molar-refractivity contribution in [1.82, 2.24) is 0 Å². The van der Waals surface area contributed by atoms with Crippen LogP contribution in [0.4, 0.5) is 5.69 Å². The van der Waals surface area contributed by atoms with Gasteiger partial charge in [-0.25, -0.2) is 0 Å². The van der Waals surface area contributed by atoms with Gasteiger partial charge in [-0.2, -0.15) is 0 Å². The van der Waals surface area contributed by atoms with Gasteiger partial charge < -0.3 is 11.1 Å². The standard InChI is InChI=1S/C14H15ClN2S3/c1-19-11-4-2-3-10(13(11)14(16)18)17-8-7-9-5-6-12(15)20-9/h2-6,17H,7-8H2,1H3,(H2,16,18). The molecule has 1 aromatic carbocycles. The van der Waals surface area contributed by atoms with Crippen molar-refractivity contribution in [2.75, 3.05) is 18.1 Å². The first-order valence-corrected chi connectivity index (χ1v) is 8.89. The Labute approximate surface area is 137 Å². The molecule has 6 heteroatoms. The summed E-state index contributed by atoms with van der Waals surface area (Å²) in [6.45, 7) is 0.824. The number of thiophene rings is 1. The Hall–Kier alpha value is -0.750. The molecule has 0 bridgehead atoms.